The number of aromatic nitrogens is 2. The molecule has 0 atom stereocenters. The van der Waals surface area contributed by atoms with Crippen molar-refractivity contribution in [2.75, 3.05) is 17.7 Å². The fourth-order valence-corrected chi connectivity index (χ4v) is 1.55. The van der Waals surface area contributed by atoms with Crippen molar-refractivity contribution < 1.29 is 8.78 Å². The molecule has 94 valence electrons. The van der Waals surface area contributed by atoms with Gasteiger partial charge in [-0.3, -0.25) is 0 Å². The Kier molecular flexibility index (Phi) is 3.36. The zero-order valence-corrected chi connectivity index (χ0v) is 9.96. The van der Waals surface area contributed by atoms with Crippen LogP contribution in [-0.2, 0) is 0 Å². The van der Waals surface area contributed by atoms with Gasteiger partial charge in [0.05, 0.1) is 5.69 Å². The van der Waals surface area contributed by atoms with Crippen LogP contribution in [0.25, 0.3) is 0 Å². The van der Waals surface area contributed by atoms with Crippen molar-refractivity contribution in [3.63, 3.8) is 0 Å². The fraction of sp³-hybridized carbons (Fsp3) is 0.167. The Balaban J connectivity index is 2.37. The summed E-state index contributed by atoms with van der Waals surface area (Å²) in [7, 11) is 1.72. The molecule has 0 bridgehead atoms. The Labute approximate surface area is 103 Å². The largest absolute Gasteiger partial charge is 0.373 e. The highest BCUT2D eigenvalue weighted by Crippen LogP contribution is 2.24. The molecule has 4 nitrogen and oxygen atoms in total. The zero-order chi connectivity index (χ0) is 13.1. The number of benzene rings is 1. The number of hydrogen-bond donors (Lipinski definition) is 2. The summed E-state index contributed by atoms with van der Waals surface area (Å²) in [5, 5.41) is 5.64. The molecule has 2 N–H and O–H groups in total. The molecule has 0 saturated carbocycles. The van der Waals surface area contributed by atoms with E-state index in [1.807, 2.05) is 0 Å². The van der Waals surface area contributed by atoms with Gasteiger partial charge in [-0.25, -0.2) is 18.7 Å². The van der Waals surface area contributed by atoms with E-state index in [-0.39, 0.29) is 5.69 Å². The number of nitrogens with one attached hydrogen (secondary N) is 2. The molecular formula is C12H12F2N4. The number of nitrogens with zero attached hydrogens (tertiary/aromatic N) is 2. The van der Waals surface area contributed by atoms with Gasteiger partial charge in [-0.1, -0.05) is 0 Å². The number of halogens is 2. The molecule has 0 spiro atoms. The highest BCUT2D eigenvalue weighted by Gasteiger charge is 2.09. The van der Waals surface area contributed by atoms with Crippen LogP contribution in [0.15, 0.2) is 24.5 Å². The summed E-state index contributed by atoms with van der Waals surface area (Å²) < 4.78 is 26.5. The summed E-state index contributed by atoms with van der Waals surface area (Å²) >= 11 is 0. The predicted molar refractivity (Wildman–Crippen MR) is 66.0 cm³/mol. The van der Waals surface area contributed by atoms with Gasteiger partial charge in [-0.2, -0.15) is 0 Å². The van der Waals surface area contributed by atoms with Gasteiger partial charge in [0.1, 0.15) is 29.6 Å². The Morgan fingerprint density at radius 3 is 2.56 bits per heavy atom. The average Bonchev–Trinajstić information content (AvgIpc) is 2.36. The third-order valence-corrected chi connectivity index (χ3v) is 2.50. The molecule has 1 heterocycles. The zero-order valence-electron chi connectivity index (χ0n) is 9.96. The van der Waals surface area contributed by atoms with E-state index in [2.05, 4.69) is 20.6 Å². The predicted octanol–water partition coefficient (Wildman–Crippen LogP) is 2.85. The first-order valence-corrected chi connectivity index (χ1v) is 5.33. The molecule has 2 aromatic rings. The van der Waals surface area contributed by atoms with Crippen LogP contribution in [0.3, 0.4) is 0 Å². The van der Waals surface area contributed by atoms with Crippen LogP contribution in [0.2, 0.25) is 0 Å². The smallest absolute Gasteiger partial charge is 0.146 e. The minimum Gasteiger partial charge on any atom is -0.373 e. The number of anilines is 3. The second-order valence-electron chi connectivity index (χ2n) is 3.70. The van der Waals surface area contributed by atoms with Gasteiger partial charge in [0.2, 0.25) is 0 Å². The van der Waals surface area contributed by atoms with Gasteiger partial charge in [0, 0.05) is 18.7 Å². The Bertz CT molecular complexity index is 572. The molecule has 0 amide bonds. The van der Waals surface area contributed by atoms with Gasteiger partial charge >= 0.3 is 0 Å². The highest BCUT2D eigenvalue weighted by molar-refractivity contribution is 5.64. The minimum absolute atomic E-state index is 0.0406. The van der Waals surface area contributed by atoms with Crippen molar-refractivity contribution in [2.24, 2.45) is 0 Å². The van der Waals surface area contributed by atoms with Crippen LogP contribution in [0.4, 0.5) is 26.1 Å². The van der Waals surface area contributed by atoms with Crippen LogP contribution in [0, 0.1) is 18.6 Å². The topological polar surface area (TPSA) is 49.8 Å². The van der Waals surface area contributed by atoms with E-state index in [0.29, 0.717) is 11.6 Å². The summed E-state index contributed by atoms with van der Waals surface area (Å²) in [6.45, 7) is 1.78. The molecule has 0 aliphatic heterocycles. The molecule has 0 aliphatic rings. The normalized spacial score (nSPS) is 10.2. The second-order valence-corrected chi connectivity index (χ2v) is 3.70. The minimum atomic E-state index is -0.541. The Morgan fingerprint density at radius 2 is 1.83 bits per heavy atom. The lowest BCUT2D eigenvalue weighted by molar-refractivity contribution is 0.603. The van der Waals surface area contributed by atoms with Crippen LogP contribution in [-0.4, -0.2) is 17.0 Å². The van der Waals surface area contributed by atoms with Crippen molar-refractivity contribution in [2.45, 2.75) is 6.92 Å². The maximum absolute atomic E-state index is 13.5. The van der Waals surface area contributed by atoms with Crippen molar-refractivity contribution in [1.29, 1.82) is 0 Å². The Hall–Kier alpha value is -2.24. The molecule has 1 aromatic carbocycles. The number of hydrogen-bond acceptors (Lipinski definition) is 4. The SMILES string of the molecule is CNc1ncnc(Nc2cc(F)ccc2F)c1C. The Morgan fingerprint density at radius 1 is 1.11 bits per heavy atom. The summed E-state index contributed by atoms with van der Waals surface area (Å²) in [5.74, 6) is 0.00281. The van der Waals surface area contributed by atoms with Gasteiger partial charge in [-0.05, 0) is 19.1 Å². The van der Waals surface area contributed by atoms with Crippen molar-refractivity contribution >= 4 is 17.3 Å². The van der Waals surface area contributed by atoms with E-state index in [4.69, 9.17) is 0 Å². The summed E-state index contributed by atoms with van der Waals surface area (Å²) in [6.07, 6.45) is 1.35. The molecule has 0 unspecified atom stereocenters. The quantitative estimate of drug-likeness (QED) is 0.879. The molecule has 0 aliphatic carbocycles. The van der Waals surface area contributed by atoms with Gasteiger partial charge in [0.15, 0.2) is 0 Å². The van der Waals surface area contributed by atoms with Crippen molar-refractivity contribution in [3.05, 3.63) is 41.7 Å². The molecule has 0 fully saturated rings. The summed E-state index contributed by atoms with van der Waals surface area (Å²) in [5.41, 5.74) is 0.766. The van der Waals surface area contributed by atoms with Crippen LogP contribution in [0.5, 0.6) is 0 Å². The number of rotatable bonds is 3. The lowest BCUT2D eigenvalue weighted by atomic mass is 10.2. The monoisotopic (exact) mass is 250 g/mol. The fourth-order valence-electron chi connectivity index (χ4n) is 1.55. The van der Waals surface area contributed by atoms with Crippen LogP contribution >= 0.6 is 0 Å². The van der Waals surface area contributed by atoms with Gasteiger partial charge < -0.3 is 10.6 Å². The highest BCUT2D eigenvalue weighted by atomic mass is 19.1. The van der Waals surface area contributed by atoms with Crippen molar-refractivity contribution in [3.8, 4) is 0 Å². The lowest BCUT2D eigenvalue weighted by Crippen LogP contribution is -2.03. The maximum Gasteiger partial charge on any atom is 0.146 e. The van der Waals surface area contributed by atoms with E-state index < -0.39 is 11.6 Å². The molecule has 6 heteroatoms. The average molecular weight is 250 g/mol. The van der Waals surface area contributed by atoms with E-state index >= 15 is 0 Å². The molecule has 0 radical (unpaired) electrons. The van der Waals surface area contributed by atoms with Crippen molar-refractivity contribution in [1.82, 2.24) is 9.97 Å². The molecule has 0 saturated heterocycles. The first-order chi connectivity index (χ1) is 8.61. The van der Waals surface area contributed by atoms with Crippen LogP contribution < -0.4 is 10.6 Å². The second kappa shape index (κ2) is 4.95. The van der Waals surface area contributed by atoms with E-state index in [9.17, 15) is 8.78 Å². The van der Waals surface area contributed by atoms with Gasteiger partial charge in [-0.15, -0.1) is 0 Å². The first kappa shape index (κ1) is 12.2. The summed E-state index contributed by atoms with van der Waals surface area (Å²) in [4.78, 5) is 8.01. The summed E-state index contributed by atoms with van der Waals surface area (Å²) in [6, 6.07) is 3.20. The van der Waals surface area contributed by atoms with Crippen LogP contribution in [0.1, 0.15) is 5.56 Å². The van der Waals surface area contributed by atoms with E-state index in [1.54, 1.807) is 14.0 Å². The lowest BCUT2D eigenvalue weighted by Gasteiger charge is -2.11. The molecule has 1 aromatic heterocycles. The van der Waals surface area contributed by atoms with E-state index in [1.165, 1.54) is 6.33 Å². The van der Waals surface area contributed by atoms with Gasteiger partial charge in [0.25, 0.3) is 0 Å². The standard InChI is InChI=1S/C12H12F2N4/c1-7-11(15-2)16-6-17-12(7)18-10-5-8(13)3-4-9(10)14/h3-6H,1-2H3,(H2,15,16,17,18). The third-order valence-electron chi connectivity index (χ3n) is 2.50. The first-order valence-electron chi connectivity index (χ1n) is 5.33. The van der Waals surface area contributed by atoms with E-state index in [0.717, 1.165) is 23.8 Å². The molecule has 18 heavy (non-hydrogen) atoms. The third kappa shape index (κ3) is 2.37. The molecule has 2 rings (SSSR count). The maximum atomic E-state index is 13.5. The molecular weight excluding hydrogens is 238 g/mol.